The van der Waals surface area contributed by atoms with Gasteiger partial charge in [0.05, 0.1) is 5.69 Å². The summed E-state index contributed by atoms with van der Waals surface area (Å²) < 4.78 is 28.4. The van der Waals surface area contributed by atoms with Gasteiger partial charge in [0.15, 0.2) is 5.84 Å². The highest BCUT2D eigenvalue weighted by atomic mass is 32.2. The first-order valence-electron chi connectivity index (χ1n) is 7.95. The van der Waals surface area contributed by atoms with E-state index in [1.165, 1.54) is 0 Å². The molecule has 0 N–H and O–H groups in total. The molecule has 0 spiro atoms. The van der Waals surface area contributed by atoms with Crippen LogP contribution in [0.15, 0.2) is 58.0 Å². The maximum absolute atomic E-state index is 12.2. The first-order chi connectivity index (χ1) is 11.6. The fourth-order valence-electron chi connectivity index (χ4n) is 3.16. The molecule has 24 heavy (non-hydrogen) atoms. The molecular formula is C17H18N4O2S. The second kappa shape index (κ2) is 5.99. The molecule has 4 rings (SSSR count). The minimum absolute atomic E-state index is 0.316. The molecule has 6 nitrogen and oxygen atoms in total. The van der Waals surface area contributed by atoms with Crippen LogP contribution in [0.2, 0.25) is 0 Å². The van der Waals surface area contributed by atoms with Gasteiger partial charge >= 0.3 is 0 Å². The number of aromatic nitrogens is 1. The summed E-state index contributed by atoms with van der Waals surface area (Å²) in [6.45, 7) is 4.05. The van der Waals surface area contributed by atoms with Gasteiger partial charge in [-0.05, 0) is 24.3 Å². The van der Waals surface area contributed by atoms with Crippen molar-refractivity contribution in [2.45, 2.75) is 11.4 Å². The summed E-state index contributed by atoms with van der Waals surface area (Å²) in [6, 6.07) is 13.0. The van der Waals surface area contributed by atoms with Gasteiger partial charge in [-0.3, -0.25) is 9.88 Å². The van der Waals surface area contributed by atoms with E-state index in [1.54, 1.807) is 18.3 Å². The Kier molecular flexibility index (Phi) is 3.82. The average molecular weight is 342 g/mol. The largest absolute Gasteiger partial charge is 0.353 e. The van der Waals surface area contributed by atoms with Crippen LogP contribution in [0, 0.1) is 0 Å². The first kappa shape index (κ1) is 15.3. The topological polar surface area (TPSA) is 65.9 Å². The van der Waals surface area contributed by atoms with Crippen LogP contribution in [-0.2, 0) is 16.6 Å². The molecule has 7 heteroatoms. The third-order valence-electron chi connectivity index (χ3n) is 4.40. The van der Waals surface area contributed by atoms with Crippen LogP contribution in [0.4, 0.5) is 0 Å². The molecule has 0 amide bonds. The van der Waals surface area contributed by atoms with Crippen molar-refractivity contribution < 1.29 is 8.42 Å². The number of sulfonamides is 1. The Labute approximate surface area is 141 Å². The smallest absolute Gasteiger partial charge is 0.285 e. The van der Waals surface area contributed by atoms with Crippen molar-refractivity contribution in [3.05, 3.63) is 59.9 Å². The second-order valence-corrected chi connectivity index (χ2v) is 7.54. The molecule has 1 aromatic heterocycles. The number of amidine groups is 1. The molecule has 2 aliphatic heterocycles. The number of nitrogens with zero attached hydrogens (tertiary/aromatic N) is 4. The Morgan fingerprint density at radius 1 is 0.958 bits per heavy atom. The summed E-state index contributed by atoms with van der Waals surface area (Å²) in [7, 11) is -3.54. The van der Waals surface area contributed by atoms with Gasteiger partial charge in [0.1, 0.15) is 4.90 Å². The molecule has 1 fully saturated rings. The minimum Gasteiger partial charge on any atom is -0.353 e. The molecule has 0 atom stereocenters. The van der Waals surface area contributed by atoms with Crippen molar-refractivity contribution >= 4 is 15.9 Å². The van der Waals surface area contributed by atoms with Crippen molar-refractivity contribution in [1.82, 2.24) is 14.8 Å². The van der Waals surface area contributed by atoms with Crippen LogP contribution in [0.5, 0.6) is 0 Å². The zero-order chi connectivity index (χ0) is 16.6. The summed E-state index contributed by atoms with van der Waals surface area (Å²) in [5, 5.41) is 0. The first-order valence-corrected chi connectivity index (χ1v) is 9.39. The Morgan fingerprint density at radius 3 is 2.46 bits per heavy atom. The predicted molar refractivity (Wildman–Crippen MR) is 91.3 cm³/mol. The summed E-state index contributed by atoms with van der Waals surface area (Å²) in [5.41, 5.74) is 1.77. The number of piperazine rings is 1. The lowest BCUT2D eigenvalue weighted by Crippen LogP contribution is -2.48. The van der Waals surface area contributed by atoms with Gasteiger partial charge in [0.2, 0.25) is 0 Å². The average Bonchev–Trinajstić information content (AvgIpc) is 2.88. The van der Waals surface area contributed by atoms with E-state index in [-0.39, 0.29) is 0 Å². The van der Waals surface area contributed by atoms with E-state index in [0.717, 1.165) is 44.0 Å². The van der Waals surface area contributed by atoms with Gasteiger partial charge in [0, 0.05) is 44.5 Å². The lowest BCUT2D eigenvalue weighted by atomic mass is 10.1. The molecule has 2 aromatic rings. The van der Waals surface area contributed by atoms with E-state index in [4.69, 9.17) is 0 Å². The molecule has 2 aliphatic rings. The van der Waals surface area contributed by atoms with Crippen LogP contribution in [-0.4, -0.2) is 55.2 Å². The summed E-state index contributed by atoms with van der Waals surface area (Å²) in [6.07, 6.45) is 1.81. The van der Waals surface area contributed by atoms with Crippen molar-refractivity contribution in [3.8, 4) is 0 Å². The van der Waals surface area contributed by atoms with E-state index < -0.39 is 10.0 Å². The fraction of sp³-hybridized carbons (Fsp3) is 0.294. The molecule has 0 saturated carbocycles. The lowest BCUT2D eigenvalue weighted by Gasteiger charge is -2.35. The van der Waals surface area contributed by atoms with Crippen molar-refractivity contribution in [2.75, 3.05) is 26.2 Å². The molecule has 1 saturated heterocycles. The highest BCUT2D eigenvalue weighted by Crippen LogP contribution is 2.27. The minimum atomic E-state index is -3.54. The quantitative estimate of drug-likeness (QED) is 0.824. The molecule has 0 radical (unpaired) electrons. The third kappa shape index (κ3) is 2.81. The van der Waals surface area contributed by atoms with Crippen LogP contribution < -0.4 is 0 Å². The predicted octanol–water partition coefficient (Wildman–Crippen LogP) is 1.35. The van der Waals surface area contributed by atoms with Crippen molar-refractivity contribution in [2.24, 2.45) is 4.40 Å². The van der Waals surface area contributed by atoms with Gasteiger partial charge in [-0.2, -0.15) is 8.42 Å². The molecule has 124 valence electrons. The molecule has 3 heterocycles. The fourth-order valence-corrected chi connectivity index (χ4v) is 4.38. The monoisotopic (exact) mass is 342 g/mol. The normalized spacial score (nSPS) is 19.8. The van der Waals surface area contributed by atoms with Crippen LogP contribution >= 0.6 is 0 Å². The number of hydrogen-bond acceptors (Lipinski definition) is 5. The van der Waals surface area contributed by atoms with E-state index >= 15 is 0 Å². The Hall–Kier alpha value is -2.25. The van der Waals surface area contributed by atoms with Gasteiger partial charge < -0.3 is 4.90 Å². The number of fused-ring (bicyclic) bond motifs is 1. The van der Waals surface area contributed by atoms with Gasteiger partial charge in [-0.15, -0.1) is 4.40 Å². The number of benzene rings is 1. The van der Waals surface area contributed by atoms with Crippen LogP contribution in [0.3, 0.4) is 0 Å². The van der Waals surface area contributed by atoms with Gasteiger partial charge in [-0.1, -0.05) is 18.2 Å². The number of pyridine rings is 1. The summed E-state index contributed by atoms with van der Waals surface area (Å²) in [5.74, 6) is 0.586. The van der Waals surface area contributed by atoms with E-state index in [2.05, 4.69) is 19.2 Å². The van der Waals surface area contributed by atoms with Gasteiger partial charge in [0.25, 0.3) is 10.0 Å². The number of rotatable bonds is 2. The Morgan fingerprint density at radius 2 is 1.71 bits per heavy atom. The second-order valence-electron chi connectivity index (χ2n) is 5.97. The highest BCUT2D eigenvalue weighted by molar-refractivity contribution is 7.90. The highest BCUT2D eigenvalue weighted by Gasteiger charge is 2.32. The van der Waals surface area contributed by atoms with Crippen molar-refractivity contribution in [1.29, 1.82) is 0 Å². The Bertz CT molecular complexity index is 872. The summed E-state index contributed by atoms with van der Waals surface area (Å²) >= 11 is 0. The zero-order valence-electron chi connectivity index (χ0n) is 13.2. The van der Waals surface area contributed by atoms with E-state index in [0.29, 0.717) is 10.7 Å². The maximum atomic E-state index is 12.2. The van der Waals surface area contributed by atoms with Crippen LogP contribution in [0.1, 0.15) is 11.3 Å². The molecule has 0 aliphatic carbocycles. The molecular weight excluding hydrogens is 324 g/mol. The number of hydrogen-bond donors (Lipinski definition) is 0. The van der Waals surface area contributed by atoms with E-state index in [9.17, 15) is 8.42 Å². The lowest BCUT2D eigenvalue weighted by molar-refractivity contribution is 0.174. The SMILES string of the molecule is O=S1(=O)N=C(N2CCN(Cc3ccccn3)CC2)c2ccccc21. The Balaban J connectivity index is 1.47. The standard InChI is InChI=1S/C17H18N4O2S/c22-24(23)16-7-2-1-6-15(16)17(19-24)21-11-9-20(10-12-21)13-14-5-3-4-8-18-14/h1-8H,9-13H2. The van der Waals surface area contributed by atoms with Gasteiger partial charge in [-0.25, -0.2) is 0 Å². The maximum Gasteiger partial charge on any atom is 0.285 e. The van der Waals surface area contributed by atoms with Crippen molar-refractivity contribution in [3.63, 3.8) is 0 Å². The van der Waals surface area contributed by atoms with E-state index in [1.807, 2.05) is 30.3 Å². The third-order valence-corrected chi connectivity index (χ3v) is 5.72. The molecule has 0 bridgehead atoms. The molecule has 1 aromatic carbocycles. The van der Waals surface area contributed by atoms with Crippen LogP contribution in [0.25, 0.3) is 0 Å². The summed E-state index contributed by atoms with van der Waals surface area (Å²) in [4.78, 5) is 9.07. The molecule has 0 unspecified atom stereocenters. The zero-order valence-corrected chi connectivity index (χ0v) is 14.0.